The third-order valence-electron chi connectivity index (χ3n) is 4.33. The van der Waals surface area contributed by atoms with E-state index in [0.29, 0.717) is 43.5 Å². The number of benzene rings is 1. The number of carbonyl (C=O) groups is 1. The lowest BCUT2D eigenvalue weighted by atomic mass is 10.0. The van der Waals surface area contributed by atoms with E-state index in [0.717, 1.165) is 0 Å². The molecule has 1 saturated heterocycles. The first kappa shape index (κ1) is 19.3. The van der Waals surface area contributed by atoms with Crippen LogP contribution in [0.1, 0.15) is 42.1 Å². The number of nitro benzene ring substituents is 1. The number of nitrogens with zero attached hydrogens (tertiary/aromatic N) is 2. The summed E-state index contributed by atoms with van der Waals surface area (Å²) in [5, 5.41) is 11.0. The van der Waals surface area contributed by atoms with E-state index in [-0.39, 0.29) is 23.4 Å². The fourth-order valence-corrected chi connectivity index (χ4v) is 4.40. The minimum Gasteiger partial charge on any atom is -0.339 e. The Kier molecular flexibility index (Phi) is 6.12. The van der Waals surface area contributed by atoms with Crippen molar-refractivity contribution in [2.45, 2.75) is 39.2 Å². The van der Waals surface area contributed by atoms with Crippen molar-refractivity contribution in [1.82, 2.24) is 9.62 Å². The molecule has 25 heavy (non-hydrogen) atoms. The molecule has 138 valence electrons. The first-order chi connectivity index (χ1) is 11.7. The van der Waals surface area contributed by atoms with Gasteiger partial charge in [0.25, 0.3) is 11.6 Å². The molecule has 1 fully saturated rings. The van der Waals surface area contributed by atoms with Crippen molar-refractivity contribution in [2.24, 2.45) is 0 Å². The molecule has 0 aromatic heterocycles. The van der Waals surface area contributed by atoms with Gasteiger partial charge in [-0.3, -0.25) is 14.9 Å². The fourth-order valence-electron chi connectivity index (χ4n) is 3.01. The first-order valence-electron chi connectivity index (χ1n) is 8.28. The molecule has 1 aliphatic rings. The molecule has 1 aliphatic heterocycles. The van der Waals surface area contributed by atoms with Gasteiger partial charge in [-0.1, -0.05) is 13.0 Å². The van der Waals surface area contributed by atoms with Gasteiger partial charge < -0.3 is 4.90 Å². The predicted molar refractivity (Wildman–Crippen MR) is 94.0 cm³/mol. The highest BCUT2D eigenvalue weighted by Crippen LogP contribution is 2.23. The molecule has 0 aliphatic carbocycles. The fraction of sp³-hybridized carbons (Fsp3) is 0.562. The molecule has 0 unspecified atom stereocenters. The minimum absolute atomic E-state index is 0.0759. The molecule has 0 bridgehead atoms. The molecule has 1 N–H and O–H groups in total. The second-order valence-corrected chi connectivity index (χ2v) is 8.08. The molecule has 1 aromatic carbocycles. The zero-order valence-corrected chi connectivity index (χ0v) is 15.2. The van der Waals surface area contributed by atoms with E-state index in [1.807, 2.05) is 6.92 Å². The van der Waals surface area contributed by atoms with E-state index in [1.54, 1.807) is 17.9 Å². The molecule has 2 rings (SSSR count). The maximum absolute atomic E-state index is 12.7. The molecule has 1 aromatic rings. The van der Waals surface area contributed by atoms with Crippen LogP contribution >= 0.6 is 0 Å². The van der Waals surface area contributed by atoms with Crippen molar-refractivity contribution in [2.75, 3.05) is 18.8 Å². The SMILES string of the molecule is CCCS(=O)(=O)NC1CCN(C(=O)c2cccc([N+](=O)[O-])c2C)CC1. The highest BCUT2D eigenvalue weighted by Gasteiger charge is 2.28. The standard InChI is InChI=1S/C16H23N3O5S/c1-3-11-25(23,24)17-13-7-9-18(10-8-13)16(20)14-5-4-6-15(12(14)2)19(21)22/h4-6,13,17H,3,7-11H2,1-2H3. The number of piperidine rings is 1. The van der Waals surface area contributed by atoms with Crippen LogP contribution in [0.25, 0.3) is 0 Å². The molecule has 1 amide bonds. The maximum Gasteiger partial charge on any atom is 0.273 e. The monoisotopic (exact) mass is 369 g/mol. The van der Waals surface area contributed by atoms with E-state index in [1.165, 1.54) is 12.1 Å². The van der Waals surface area contributed by atoms with Crippen LogP contribution in [0.3, 0.4) is 0 Å². The van der Waals surface area contributed by atoms with Gasteiger partial charge in [0.05, 0.1) is 10.7 Å². The second-order valence-electron chi connectivity index (χ2n) is 6.21. The van der Waals surface area contributed by atoms with Crippen LogP contribution < -0.4 is 4.72 Å². The third kappa shape index (κ3) is 4.76. The summed E-state index contributed by atoms with van der Waals surface area (Å²) in [6.45, 7) is 4.21. The van der Waals surface area contributed by atoms with Crippen LogP contribution in [0.2, 0.25) is 0 Å². The number of hydrogen-bond acceptors (Lipinski definition) is 5. The van der Waals surface area contributed by atoms with Crippen molar-refractivity contribution < 1.29 is 18.1 Å². The van der Waals surface area contributed by atoms with Gasteiger partial charge in [0.1, 0.15) is 0 Å². The van der Waals surface area contributed by atoms with Crippen LogP contribution in [0.15, 0.2) is 18.2 Å². The Morgan fingerprint density at radius 3 is 2.56 bits per heavy atom. The Bertz CT molecular complexity index is 755. The summed E-state index contributed by atoms with van der Waals surface area (Å²) in [7, 11) is -3.27. The van der Waals surface area contributed by atoms with E-state index in [9.17, 15) is 23.3 Å². The number of rotatable bonds is 6. The van der Waals surface area contributed by atoms with Gasteiger partial charge in [0.2, 0.25) is 10.0 Å². The van der Waals surface area contributed by atoms with Gasteiger partial charge in [-0.2, -0.15) is 0 Å². The number of sulfonamides is 1. The predicted octanol–water partition coefficient (Wildman–Crippen LogP) is 1.84. The zero-order chi connectivity index (χ0) is 18.6. The quantitative estimate of drug-likeness (QED) is 0.608. The van der Waals surface area contributed by atoms with Crippen LogP contribution in [-0.2, 0) is 10.0 Å². The molecule has 9 heteroatoms. The number of hydrogen-bond donors (Lipinski definition) is 1. The Labute approximate surface area is 147 Å². The van der Waals surface area contributed by atoms with E-state index in [4.69, 9.17) is 0 Å². The van der Waals surface area contributed by atoms with Crippen LogP contribution in [0.5, 0.6) is 0 Å². The normalized spacial score (nSPS) is 16.0. The van der Waals surface area contributed by atoms with Crippen LogP contribution in [0, 0.1) is 17.0 Å². The largest absolute Gasteiger partial charge is 0.339 e. The average Bonchev–Trinajstić information content (AvgIpc) is 2.54. The average molecular weight is 369 g/mol. The third-order valence-corrected chi connectivity index (χ3v) is 5.97. The van der Waals surface area contributed by atoms with Crippen molar-refractivity contribution in [3.05, 3.63) is 39.4 Å². The smallest absolute Gasteiger partial charge is 0.273 e. The minimum atomic E-state index is -3.27. The molecule has 1 heterocycles. The van der Waals surface area contributed by atoms with E-state index >= 15 is 0 Å². The summed E-state index contributed by atoms with van der Waals surface area (Å²) in [6.07, 6.45) is 1.62. The maximum atomic E-state index is 12.7. The Balaban J connectivity index is 2.03. The Morgan fingerprint density at radius 1 is 1.36 bits per heavy atom. The lowest BCUT2D eigenvalue weighted by Gasteiger charge is -2.32. The van der Waals surface area contributed by atoms with Crippen molar-refractivity contribution in [1.29, 1.82) is 0 Å². The highest BCUT2D eigenvalue weighted by molar-refractivity contribution is 7.89. The molecular weight excluding hydrogens is 346 g/mol. The lowest BCUT2D eigenvalue weighted by molar-refractivity contribution is -0.385. The van der Waals surface area contributed by atoms with Crippen molar-refractivity contribution in [3.63, 3.8) is 0 Å². The number of nitro groups is 1. The first-order valence-corrected chi connectivity index (χ1v) is 9.93. The van der Waals surface area contributed by atoms with Gasteiger partial charge in [-0.25, -0.2) is 13.1 Å². The number of likely N-dealkylation sites (tertiary alicyclic amines) is 1. The summed E-state index contributed by atoms with van der Waals surface area (Å²) in [6, 6.07) is 4.29. The highest BCUT2D eigenvalue weighted by atomic mass is 32.2. The number of amides is 1. The second kappa shape index (κ2) is 7.92. The van der Waals surface area contributed by atoms with Crippen LogP contribution in [-0.4, -0.2) is 49.0 Å². The Morgan fingerprint density at radius 2 is 2.00 bits per heavy atom. The summed E-state index contributed by atoms with van der Waals surface area (Å²) in [4.78, 5) is 24.8. The molecule has 0 spiro atoms. The summed E-state index contributed by atoms with van der Waals surface area (Å²) in [5.41, 5.74) is 0.593. The zero-order valence-electron chi connectivity index (χ0n) is 14.4. The molecule has 0 radical (unpaired) electrons. The lowest BCUT2D eigenvalue weighted by Crippen LogP contribution is -2.47. The van der Waals surface area contributed by atoms with Gasteiger partial charge in [0.15, 0.2) is 0 Å². The van der Waals surface area contributed by atoms with Crippen molar-refractivity contribution >= 4 is 21.6 Å². The van der Waals surface area contributed by atoms with Gasteiger partial charge >= 0.3 is 0 Å². The molecule has 0 saturated carbocycles. The van der Waals surface area contributed by atoms with Gasteiger partial charge in [-0.05, 0) is 32.3 Å². The Hall–Kier alpha value is -2.00. The van der Waals surface area contributed by atoms with E-state index < -0.39 is 14.9 Å². The molecule has 0 atom stereocenters. The van der Waals surface area contributed by atoms with Gasteiger partial charge in [0, 0.05) is 36.3 Å². The van der Waals surface area contributed by atoms with E-state index in [2.05, 4.69) is 4.72 Å². The molecular formula is C16H23N3O5S. The van der Waals surface area contributed by atoms with Gasteiger partial charge in [-0.15, -0.1) is 0 Å². The van der Waals surface area contributed by atoms with Crippen LogP contribution in [0.4, 0.5) is 5.69 Å². The topological polar surface area (TPSA) is 110 Å². The summed E-state index contributed by atoms with van der Waals surface area (Å²) < 4.78 is 26.3. The summed E-state index contributed by atoms with van der Waals surface area (Å²) >= 11 is 0. The number of carbonyl (C=O) groups excluding carboxylic acids is 1. The number of nitrogens with one attached hydrogen (secondary N) is 1. The molecule has 8 nitrogen and oxygen atoms in total. The summed E-state index contributed by atoms with van der Waals surface area (Å²) in [5.74, 6) is -0.157. The van der Waals surface area contributed by atoms with Crippen molar-refractivity contribution in [3.8, 4) is 0 Å².